The van der Waals surface area contributed by atoms with Crippen molar-refractivity contribution < 1.29 is 9.53 Å². The van der Waals surface area contributed by atoms with E-state index >= 15 is 0 Å². The fourth-order valence-electron chi connectivity index (χ4n) is 1.64. The van der Waals surface area contributed by atoms with Gasteiger partial charge in [-0.05, 0) is 19.9 Å². The highest BCUT2D eigenvalue weighted by Crippen LogP contribution is 2.23. The lowest BCUT2D eigenvalue weighted by Crippen LogP contribution is -2.34. The van der Waals surface area contributed by atoms with E-state index in [2.05, 4.69) is 10.6 Å². The number of nitrogens with one attached hydrogen (secondary N) is 2. The summed E-state index contributed by atoms with van der Waals surface area (Å²) < 4.78 is 5.28. The number of likely N-dealkylation sites (N-methyl/N-ethyl adjacent to an activating group) is 1. The minimum atomic E-state index is 0.00856. The maximum Gasteiger partial charge on any atom is 0.233 e. The average molecular weight is 236 g/mol. The molecule has 1 amide bonds. The van der Waals surface area contributed by atoms with Gasteiger partial charge in [-0.2, -0.15) is 0 Å². The van der Waals surface area contributed by atoms with E-state index in [0.717, 1.165) is 11.3 Å². The van der Waals surface area contributed by atoms with Gasteiger partial charge in [0.15, 0.2) is 0 Å². The van der Waals surface area contributed by atoms with Crippen molar-refractivity contribution in [2.75, 3.05) is 20.2 Å². The van der Waals surface area contributed by atoms with Gasteiger partial charge in [0.1, 0.15) is 5.75 Å². The zero-order chi connectivity index (χ0) is 12.7. The summed E-state index contributed by atoms with van der Waals surface area (Å²) in [6.07, 6.45) is 0. The third-order valence-electron chi connectivity index (χ3n) is 2.55. The number of carbonyl (C=O) groups excluding carboxylic acids is 1. The molecule has 17 heavy (non-hydrogen) atoms. The van der Waals surface area contributed by atoms with Crippen LogP contribution < -0.4 is 15.4 Å². The van der Waals surface area contributed by atoms with Crippen molar-refractivity contribution in [3.05, 3.63) is 29.8 Å². The molecule has 0 heterocycles. The van der Waals surface area contributed by atoms with Gasteiger partial charge in [-0.15, -0.1) is 0 Å². The van der Waals surface area contributed by atoms with E-state index in [4.69, 9.17) is 4.74 Å². The number of hydrogen-bond acceptors (Lipinski definition) is 3. The Morgan fingerprint density at radius 2 is 2.12 bits per heavy atom. The molecule has 0 spiro atoms. The molecule has 0 radical (unpaired) electrons. The van der Waals surface area contributed by atoms with Gasteiger partial charge in [0, 0.05) is 18.2 Å². The third kappa shape index (κ3) is 4.07. The van der Waals surface area contributed by atoms with Crippen LogP contribution in [0.15, 0.2) is 24.3 Å². The quantitative estimate of drug-likeness (QED) is 0.786. The van der Waals surface area contributed by atoms with Crippen LogP contribution in [0.4, 0.5) is 0 Å². The molecule has 1 aromatic rings. The van der Waals surface area contributed by atoms with Gasteiger partial charge in [0.25, 0.3) is 0 Å². The second-order valence-electron chi connectivity index (χ2n) is 3.80. The second kappa shape index (κ2) is 6.91. The molecule has 1 aromatic carbocycles. The summed E-state index contributed by atoms with van der Waals surface area (Å²) in [4.78, 5) is 11.3. The molecule has 0 saturated carbocycles. The molecular formula is C13H20N2O2. The van der Waals surface area contributed by atoms with Crippen LogP contribution in [0, 0.1) is 0 Å². The lowest BCUT2D eigenvalue weighted by Gasteiger charge is -2.16. The second-order valence-corrected chi connectivity index (χ2v) is 3.80. The van der Waals surface area contributed by atoms with Crippen LogP contribution in [-0.2, 0) is 4.79 Å². The predicted octanol–water partition coefficient (Wildman–Crippen LogP) is 1.48. The molecule has 0 saturated heterocycles. The summed E-state index contributed by atoms with van der Waals surface area (Å²) in [5.74, 6) is 0.845. The number of hydrogen-bond donors (Lipinski definition) is 2. The van der Waals surface area contributed by atoms with Gasteiger partial charge in [-0.1, -0.05) is 18.2 Å². The largest absolute Gasteiger partial charge is 0.496 e. The van der Waals surface area contributed by atoms with Crippen molar-refractivity contribution in [2.45, 2.75) is 19.9 Å². The highest BCUT2D eigenvalue weighted by molar-refractivity contribution is 5.77. The fourth-order valence-corrected chi connectivity index (χ4v) is 1.64. The van der Waals surface area contributed by atoms with Crippen LogP contribution in [-0.4, -0.2) is 26.1 Å². The first kappa shape index (κ1) is 13.5. The van der Waals surface area contributed by atoms with Gasteiger partial charge in [-0.25, -0.2) is 0 Å². The number of para-hydroxylation sites is 1. The average Bonchev–Trinajstić information content (AvgIpc) is 2.36. The zero-order valence-corrected chi connectivity index (χ0v) is 10.6. The molecule has 4 heteroatoms. The van der Waals surface area contributed by atoms with Crippen molar-refractivity contribution >= 4 is 5.91 Å². The summed E-state index contributed by atoms with van der Waals surface area (Å²) in [7, 11) is 1.65. The Hall–Kier alpha value is -1.55. The number of carbonyl (C=O) groups is 1. The first-order chi connectivity index (χ1) is 8.19. The molecule has 1 rings (SSSR count). The van der Waals surface area contributed by atoms with Crippen LogP contribution in [0.5, 0.6) is 5.75 Å². The standard InChI is InChI=1S/C13H20N2O2/c1-4-14-13(16)9-15-10(2)11-7-5-6-8-12(11)17-3/h5-8,10,15H,4,9H2,1-3H3,(H,14,16). The van der Waals surface area contributed by atoms with Gasteiger partial charge in [0.05, 0.1) is 13.7 Å². The van der Waals surface area contributed by atoms with E-state index in [0.29, 0.717) is 13.1 Å². The topological polar surface area (TPSA) is 50.4 Å². The van der Waals surface area contributed by atoms with Crippen LogP contribution in [0.1, 0.15) is 25.5 Å². The molecule has 0 aromatic heterocycles. The maximum absolute atomic E-state index is 11.3. The van der Waals surface area contributed by atoms with Gasteiger partial charge in [-0.3, -0.25) is 4.79 Å². The monoisotopic (exact) mass is 236 g/mol. The van der Waals surface area contributed by atoms with Crippen molar-refractivity contribution in [1.82, 2.24) is 10.6 Å². The molecule has 1 atom stereocenters. The Kier molecular flexibility index (Phi) is 5.49. The SMILES string of the molecule is CCNC(=O)CNC(C)c1ccccc1OC. The van der Waals surface area contributed by atoms with E-state index in [1.165, 1.54) is 0 Å². The number of amides is 1. The van der Waals surface area contributed by atoms with Crippen molar-refractivity contribution in [2.24, 2.45) is 0 Å². The number of ether oxygens (including phenoxy) is 1. The van der Waals surface area contributed by atoms with Gasteiger partial charge in [0.2, 0.25) is 5.91 Å². The lowest BCUT2D eigenvalue weighted by molar-refractivity contribution is -0.120. The number of methoxy groups -OCH3 is 1. The van der Waals surface area contributed by atoms with Gasteiger partial charge >= 0.3 is 0 Å². The van der Waals surface area contributed by atoms with E-state index in [1.54, 1.807) is 7.11 Å². The lowest BCUT2D eigenvalue weighted by atomic mass is 10.1. The first-order valence-electron chi connectivity index (χ1n) is 5.82. The highest BCUT2D eigenvalue weighted by atomic mass is 16.5. The summed E-state index contributed by atoms with van der Waals surface area (Å²) in [5.41, 5.74) is 1.05. The van der Waals surface area contributed by atoms with Crippen LogP contribution >= 0.6 is 0 Å². The van der Waals surface area contributed by atoms with Crippen LogP contribution in [0.3, 0.4) is 0 Å². The molecule has 1 unspecified atom stereocenters. The molecule has 0 aliphatic rings. The van der Waals surface area contributed by atoms with Gasteiger partial charge < -0.3 is 15.4 Å². The van der Waals surface area contributed by atoms with Crippen molar-refractivity contribution in [1.29, 1.82) is 0 Å². The van der Waals surface area contributed by atoms with Crippen LogP contribution in [0.25, 0.3) is 0 Å². The first-order valence-corrected chi connectivity index (χ1v) is 5.82. The maximum atomic E-state index is 11.3. The molecular weight excluding hydrogens is 216 g/mol. The van der Waals surface area contributed by atoms with E-state index in [1.807, 2.05) is 38.1 Å². The molecule has 0 aliphatic heterocycles. The summed E-state index contributed by atoms with van der Waals surface area (Å²) >= 11 is 0. The summed E-state index contributed by atoms with van der Waals surface area (Å²) in [6, 6.07) is 7.88. The highest BCUT2D eigenvalue weighted by Gasteiger charge is 2.11. The van der Waals surface area contributed by atoms with Crippen molar-refractivity contribution in [3.63, 3.8) is 0 Å². The summed E-state index contributed by atoms with van der Waals surface area (Å²) in [6.45, 7) is 4.88. The fraction of sp³-hybridized carbons (Fsp3) is 0.462. The Balaban J connectivity index is 2.57. The zero-order valence-electron chi connectivity index (χ0n) is 10.6. The molecule has 94 valence electrons. The third-order valence-corrected chi connectivity index (χ3v) is 2.55. The normalized spacial score (nSPS) is 11.9. The van der Waals surface area contributed by atoms with E-state index < -0.39 is 0 Å². The molecule has 0 bridgehead atoms. The summed E-state index contributed by atoms with van der Waals surface area (Å²) in [5, 5.41) is 5.91. The Bertz CT molecular complexity index is 366. The Morgan fingerprint density at radius 1 is 1.41 bits per heavy atom. The predicted molar refractivity (Wildman–Crippen MR) is 68.1 cm³/mol. The molecule has 0 fully saturated rings. The molecule has 4 nitrogen and oxygen atoms in total. The van der Waals surface area contributed by atoms with E-state index in [9.17, 15) is 4.79 Å². The number of rotatable bonds is 6. The van der Waals surface area contributed by atoms with Crippen molar-refractivity contribution in [3.8, 4) is 5.75 Å². The Morgan fingerprint density at radius 3 is 2.76 bits per heavy atom. The van der Waals surface area contributed by atoms with E-state index in [-0.39, 0.29) is 11.9 Å². The smallest absolute Gasteiger partial charge is 0.233 e. The Labute approximate surface area is 102 Å². The minimum Gasteiger partial charge on any atom is -0.496 e. The minimum absolute atomic E-state index is 0.00856. The molecule has 0 aliphatic carbocycles. The van der Waals surface area contributed by atoms with Crippen LogP contribution in [0.2, 0.25) is 0 Å². The molecule has 2 N–H and O–H groups in total. The number of benzene rings is 1.